The maximum atomic E-state index is 10.4. The smallest absolute Gasteiger partial charge is 0.290 e. The molecule has 0 aliphatic rings. The minimum absolute atomic E-state index is 0.0877. The van der Waals surface area contributed by atoms with Gasteiger partial charge in [0.05, 0.1) is 5.75 Å². The molecule has 0 aliphatic carbocycles. The number of thioether (sulfide) groups is 1. The van der Waals surface area contributed by atoms with Crippen molar-refractivity contribution in [3.05, 3.63) is 120 Å². The summed E-state index contributed by atoms with van der Waals surface area (Å²) in [4.78, 5) is 0. The zero-order valence-corrected chi connectivity index (χ0v) is 27.2. The molecule has 0 bridgehead atoms. The monoisotopic (exact) mass is 610 g/mol. The van der Waals surface area contributed by atoms with Crippen molar-refractivity contribution in [2.24, 2.45) is 0 Å². The second kappa shape index (κ2) is 14.4. The van der Waals surface area contributed by atoms with Crippen molar-refractivity contribution in [2.75, 3.05) is 0 Å². The Hall–Kier alpha value is -3.04. The third-order valence-corrected chi connectivity index (χ3v) is 10.8. The molecule has 0 saturated heterocycles. The van der Waals surface area contributed by atoms with Crippen molar-refractivity contribution < 1.29 is 29.0 Å². The van der Waals surface area contributed by atoms with Crippen LogP contribution in [-0.4, -0.2) is 19.5 Å². The SMILES string of the molecule is CCC(C)(C)c1ccc(CS(O)(O)c2cccc[n+]2O)cc1.CCC(C)(C)c1ccc(CSc2cccc[n+]2O)cc1. The highest BCUT2D eigenvalue weighted by Gasteiger charge is 2.27. The summed E-state index contributed by atoms with van der Waals surface area (Å²) in [5.41, 5.74) is 5.06. The van der Waals surface area contributed by atoms with Crippen LogP contribution in [0.15, 0.2) is 107 Å². The van der Waals surface area contributed by atoms with E-state index in [4.69, 9.17) is 0 Å². The summed E-state index contributed by atoms with van der Waals surface area (Å²) < 4.78 is 22.6. The van der Waals surface area contributed by atoms with Crippen molar-refractivity contribution in [1.82, 2.24) is 0 Å². The molecular weight excluding hydrogens is 565 g/mol. The van der Waals surface area contributed by atoms with Crippen LogP contribution in [0.25, 0.3) is 0 Å². The molecule has 0 spiro atoms. The molecule has 4 rings (SSSR count). The van der Waals surface area contributed by atoms with Gasteiger partial charge in [-0.2, -0.15) is 0 Å². The largest absolute Gasteiger partial charge is 0.344 e. The van der Waals surface area contributed by atoms with E-state index < -0.39 is 10.6 Å². The van der Waals surface area contributed by atoms with E-state index in [9.17, 15) is 19.5 Å². The molecule has 2 aromatic heterocycles. The van der Waals surface area contributed by atoms with E-state index in [2.05, 4.69) is 65.8 Å². The molecule has 0 radical (unpaired) electrons. The van der Waals surface area contributed by atoms with Gasteiger partial charge >= 0.3 is 5.03 Å². The predicted molar refractivity (Wildman–Crippen MR) is 172 cm³/mol. The van der Waals surface area contributed by atoms with E-state index in [1.807, 2.05) is 42.5 Å². The Balaban J connectivity index is 0.000000231. The quantitative estimate of drug-likeness (QED) is 0.0823. The van der Waals surface area contributed by atoms with Gasteiger partial charge in [-0.1, -0.05) is 90.1 Å². The first-order valence-corrected chi connectivity index (χ1v) is 17.0. The Kier molecular flexibility index (Phi) is 11.5. The van der Waals surface area contributed by atoms with Gasteiger partial charge in [-0.25, -0.2) is 0 Å². The second-order valence-corrected chi connectivity index (χ2v) is 14.8. The third kappa shape index (κ3) is 8.98. The molecule has 226 valence electrons. The fourth-order valence-electron chi connectivity index (χ4n) is 4.19. The lowest BCUT2D eigenvalue weighted by Gasteiger charge is -2.28. The second-order valence-electron chi connectivity index (χ2n) is 11.7. The molecule has 8 heteroatoms. The summed E-state index contributed by atoms with van der Waals surface area (Å²) in [5, 5.41) is 20.4. The van der Waals surface area contributed by atoms with E-state index in [1.165, 1.54) is 33.7 Å². The van der Waals surface area contributed by atoms with E-state index in [-0.39, 0.29) is 21.6 Å². The van der Waals surface area contributed by atoms with Crippen molar-refractivity contribution >= 4 is 22.4 Å². The van der Waals surface area contributed by atoms with Gasteiger partial charge in [-0.05, 0) is 69.8 Å². The molecule has 0 fully saturated rings. The molecule has 0 atom stereocenters. The van der Waals surface area contributed by atoms with Crippen LogP contribution in [0.2, 0.25) is 0 Å². The molecule has 0 amide bonds. The third-order valence-electron chi connectivity index (χ3n) is 7.93. The highest BCUT2D eigenvalue weighted by Crippen LogP contribution is 2.49. The van der Waals surface area contributed by atoms with Crippen molar-refractivity contribution in [3.63, 3.8) is 0 Å². The molecular formula is C34H46N2O4S2+2. The van der Waals surface area contributed by atoms with Gasteiger partial charge in [0.25, 0.3) is 5.03 Å². The Morgan fingerprint density at radius 2 is 1.12 bits per heavy atom. The molecule has 0 aliphatic heterocycles. The van der Waals surface area contributed by atoms with E-state index in [0.29, 0.717) is 0 Å². The first kappa shape index (κ1) is 33.5. The average Bonchev–Trinajstić information content (AvgIpc) is 2.97. The number of nitrogens with zero attached hydrogens (tertiary/aromatic N) is 2. The van der Waals surface area contributed by atoms with Gasteiger partial charge in [-0.3, -0.25) is 19.5 Å². The Bertz CT molecular complexity index is 1420. The van der Waals surface area contributed by atoms with Crippen molar-refractivity contribution in [2.45, 2.75) is 86.8 Å². The number of rotatable bonds is 10. The van der Waals surface area contributed by atoms with Crippen LogP contribution in [-0.2, 0) is 22.3 Å². The first-order chi connectivity index (χ1) is 19.8. The van der Waals surface area contributed by atoms with Gasteiger partial charge < -0.3 is 0 Å². The Labute approximate surface area is 257 Å². The molecule has 4 aromatic rings. The topological polar surface area (TPSA) is 88.7 Å². The molecule has 0 unspecified atom stereocenters. The summed E-state index contributed by atoms with van der Waals surface area (Å²) in [6.45, 7) is 13.3. The summed E-state index contributed by atoms with van der Waals surface area (Å²) >= 11 is 1.63. The van der Waals surface area contributed by atoms with Crippen molar-refractivity contribution in [1.29, 1.82) is 0 Å². The van der Waals surface area contributed by atoms with Gasteiger partial charge in [0.1, 0.15) is 0 Å². The number of hydrogen-bond donors (Lipinski definition) is 4. The van der Waals surface area contributed by atoms with Crippen LogP contribution in [0.1, 0.15) is 76.6 Å². The summed E-state index contributed by atoms with van der Waals surface area (Å²) in [6.07, 6.45) is 5.21. The fourth-order valence-corrected chi connectivity index (χ4v) is 6.52. The zero-order valence-electron chi connectivity index (χ0n) is 25.6. The molecule has 42 heavy (non-hydrogen) atoms. The van der Waals surface area contributed by atoms with Crippen LogP contribution in [0, 0.1) is 0 Å². The van der Waals surface area contributed by atoms with Crippen LogP contribution in [0.3, 0.4) is 0 Å². The number of benzene rings is 2. The van der Waals surface area contributed by atoms with Gasteiger partial charge in [-0.15, -0.1) is 10.6 Å². The normalized spacial score (nSPS) is 12.4. The lowest BCUT2D eigenvalue weighted by Crippen LogP contribution is -2.35. The minimum atomic E-state index is -3.08. The lowest BCUT2D eigenvalue weighted by molar-refractivity contribution is -0.933. The van der Waals surface area contributed by atoms with Gasteiger partial charge in [0.15, 0.2) is 0 Å². The first-order valence-electron chi connectivity index (χ1n) is 14.3. The Morgan fingerprint density at radius 1 is 0.643 bits per heavy atom. The average molecular weight is 611 g/mol. The molecule has 4 N–H and O–H groups in total. The Morgan fingerprint density at radius 3 is 1.60 bits per heavy atom. The number of aromatic nitrogens is 2. The lowest BCUT2D eigenvalue weighted by atomic mass is 9.82. The van der Waals surface area contributed by atoms with Crippen LogP contribution >= 0.6 is 22.4 Å². The van der Waals surface area contributed by atoms with Crippen LogP contribution in [0.5, 0.6) is 0 Å². The summed E-state index contributed by atoms with van der Waals surface area (Å²) in [7, 11) is -3.08. The van der Waals surface area contributed by atoms with E-state index in [1.54, 1.807) is 30.1 Å². The predicted octanol–water partition coefficient (Wildman–Crippen LogP) is 8.40. The van der Waals surface area contributed by atoms with Crippen LogP contribution < -0.4 is 9.46 Å². The number of pyridine rings is 2. The zero-order chi connectivity index (χ0) is 31.0. The maximum absolute atomic E-state index is 10.4. The maximum Gasteiger partial charge on any atom is 0.344 e. The van der Waals surface area contributed by atoms with Gasteiger partial charge in [0.2, 0.25) is 12.4 Å². The highest BCUT2D eigenvalue weighted by molar-refractivity contribution is 8.23. The molecule has 2 aromatic carbocycles. The summed E-state index contributed by atoms with van der Waals surface area (Å²) in [6, 6.07) is 27.2. The number of hydrogen-bond acceptors (Lipinski definition) is 5. The highest BCUT2D eigenvalue weighted by atomic mass is 32.3. The van der Waals surface area contributed by atoms with E-state index >= 15 is 0 Å². The molecule has 0 saturated carbocycles. The molecule has 6 nitrogen and oxygen atoms in total. The van der Waals surface area contributed by atoms with Crippen LogP contribution in [0.4, 0.5) is 0 Å². The van der Waals surface area contributed by atoms with Gasteiger partial charge in [0, 0.05) is 39.5 Å². The summed E-state index contributed by atoms with van der Waals surface area (Å²) in [5.74, 6) is 0.946. The van der Waals surface area contributed by atoms with Crippen molar-refractivity contribution in [3.8, 4) is 0 Å². The minimum Gasteiger partial charge on any atom is -0.290 e. The molecule has 2 heterocycles. The fraction of sp³-hybridized carbons (Fsp3) is 0.353. The standard InChI is InChI=1S/C17H23NO3S.C17H22NOS/c1-4-17(2,3)15-10-8-14(9-11-15)13-22(20,21)16-7-5-6-12-18(16)19;1-4-17(2,3)15-10-8-14(9-11-15)13-20-16-7-5-6-12-18(16)19/h5-12H,4,13H2,1-3H3,(H2-,19,20,21);5-12,19H,4,13H2,1-3H3/q;+1/p+1. The van der Waals surface area contributed by atoms with E-state index in [0.717, 1.165) is 33.9 Å².